The van der Waals surface area contributed by atoms with E-state index in [1.807, 2.05) is 97.9 Å². The number of hydrogen-bond acceptors (Lipinski definition) is 4. The molecule has 0 fully saturated rings. The van der Waals surface area contributed by atoms with Crippen LogP contribution < -0.4 is 10.6 Å². The Kier molecular flexibility index (Phi) is 7.82. The fraction of sp³-hybridized carbons (Fsp3) is 0.152. The lowest BCUT2D eigenvalue weighted by Gasteiger charge is -2.28. The lowest BCUT2D eigenvalue weighted by Crippen LogP contribution is -2.48. The SMILES string of the molecule is Cc1ccnc(C)c1-c1ccc(NC(=O)[C@@H](NC(=O)c2ccnn2C)C(c2ccccc2)c2ccccc2)cc1. The van der Waals surface area contributed by atoms with Crippen molar-refractivity contribution < 1.29 is 9.59 Å². The number of hydrogen-bond donors (Lipinski definition) is 2. The summed E-state index contributed by atoms with van der Waals surface area (Å²) < 4.78 is 1.49. The zero-order chi connectivity index (χ0) is 28.1. The molecule has 0 spiro atoms. The maximum Gasteiger partial charge on any atom is 0.270 e. The summed E-state index contributed by atoms with van der Waals surface area (Å²) in [6.07, 6.45) is 3.36. The van der Waals surface area contributed by atoms with E-state index in [2.05, 4.69) is 27.6 Å². The number of pyridine rings is 1. The fourth-order valence-corrected chi connectivity index (χ4v) is 5.08. The zero-order valence-electron chi connectivity index (χ0n) is 22.7. The zero-order valence-corrected chi connectivity index (χ0v) is 22.7. The van der Waals surface area contributed by atoms with Crippen molar-refractivity contribution in [3.05, 3.63) is 138 Å². The molecule has 200 valence electrons. The smallest absolute Gasteiger partial charge is 0.270 e. The lowest BCUT2D eigenvalue weighted by molar-refractivity contribution is -0.118. The summed E-state index contributed by atoms with van der Waals surface area (Å²) >= 11 is 0. The van der Waals surface area contributed by atoms with Gasteiger partial charge in [0, 0.05) is 42.3 Å². The quantitative estimate of drug-likeness (QED) is 0.271. The van der Waals surface area contributed by atoms with Crippen molar-refractivity contribution in [2.75, 3.05) is 5.32 Å². The van der Waals surface area contributed by atoms with Crippen LogP contribution in [-0.2, 0) is 11.8 Å². The maximum absolute atomic E-state index is 14.0. The van der Waals surface area contributed by atoms with Gasteiger partial charge in [0.2, 0.25) is 5.91 Å². The third kappa shape index (κ3) is 5.68. The molecule has 0 saturated carbocycles. The largest absolute Gasteiger partial charge is 0.338 e. The normalized spacial score (nSPS) is 11.7. The second-order valence-electron chi connectivity index (χ2n) is 9.75. The van der Waals surface area contributed by atoms with Crippen molar-refractivity contribution >= 4 is 17.5 Å². The lowest BCUT2D eigenvalue weighted by atomic mass is 9.84. The predicted octanol–water partition coefficient (Wildman–Crippen LogP) is 5.67. The summed E-state index contributed by atoms with van der Waals surface area (Å²) in [5.74, 6) is -1.14. The van der Waals surface area contributed by atoms with Crippen molar-refractivity contribution in [2.24, 2.45) is 7.05 Å². The number of aryl methyl sites for hydroxylation is 3. The van der Waals surface area contributed by atoms with Gasteiger partial charge in [-0.1, -0.05) is 72.8 Å². The number of benzene rings is 3. The third-order valence-corrected chi connectivity index (χ3v) is 7.06. The highest BCUT2D eigenvalue weighted by atomic mass is 16.2. The van der Waals surface area contributed by atoms with E-state index < -0.39 is 12.0 Å². The van der Waals surface area contributed by atoms with Crippen LogP contribution in [0, 0.1) is 13.8 Å². The van der Waals surface area contributed by atoms with E-state index in [-0.39, 0.29) is 11.8 Å². The Morgan fingerprint density at radius 3 is 1.95 bits per heavy atom. The maximum atomic E-state index is 14.0. The summed E-state index contributed by atoms with van der Waals surface area (Å²) in [5.41, 5.74) is 7.01. The first kappa shape index (κ1) is 26.6. The monoisotopic (exact) mass is 529 g/mol. The van der Waals surface area contributed by atoms with Gasteiger partial charge in [0.25, 0.3) is 5.91 Å². The first-order valence-electron chi connectivity index (χ1n) is 13.1. The van der Waals surface area contributed by atoms with Crippen molar-refractivity contribution in [3.8, 4) is 11.1 Å². The van der Waals surface area contributed by atoms with E-state index in [0.29, 0.717) is 11.4 Å². The van der Waals surface area contributed by atoms with E-state index in [0.717, 1.165) is 33.5 Å². The minimum atomic E-state index is -0.908. The topological polar surface area (TPSA) is 88.9 Å². The molecule has 0 radical (unpaired) electrons. The van der Waals surface area contributed by atoms with E-state index in [1.54, 1.807) is 25.5 Å². The highest BCUT2D eigenvalue weighted by molar-refractivity contribution is 6.01. The van der Waals surface area contributed by atoms with Crippen molar-refractivity contribution in [2.45, 2.75) is 25.8 Å². The van der Waals surface area contributed by atoms with Crippen molar-refractivity contribution in [1.82, 2.24) is 20.1 Å². The Bertz CT molecular complexity index is 1550. The Labute approximate surface area is 233 Å². The van der Waals surface area contributed by atoms with Crippen molar-refractivity contribution in [1.29, 1.82) is 0 Å². The van der Waals surface area contributed by atoms with Crippen LogP contribution in [0.3, 0.4) is 0 Å². The molecule has 0 aliphatic heterocycles. The van der Waals surface area contributed by atoms with Gasteiger partial charge in [-0.05, 0) is 60.4 Å². The first-order valence-corrected chi connectivity index (χ1v) is 13.1. The molecular formula is C33H31N5O2. The van der Waals surface area contributed by atoms with Crippen LogP contribution >= 0.6 is 0 Å². The number of rotatable bonds is 8. The van der Waals surface area contributed by atoms with Crippen LogP contribution in [0.5, 0.6) is 0 Å². The molecule has 3 aromatic carbocycles. The molecule has 0 saturated heterocycles. The van der Waals surface area contributed by atoms with Gasteiger partial charge in [0.15, 0.2) is 0 Å². The molecule has 40 heavy (non-hydrogen) atoms. The molecule has 2 aromatic heterocycles. The first-order chi connectivity index (χ1) is 19.4. The number of carbonyl (C=O) groups excluding carboxylic acids is 2. The molecular weight excluding hydrogens is 498 g/mol. The van der Waals surface area contributed by atoms with E-state index in [1.165, 1.54) is 4.68 Å². The number of nitrogens with one attached hydrogen (secondary N) is 2. The van der Waals surface area contributed by atoms with Crippen LogP contribution in [0.1, 0.15) is 38.8 Å². The minimum Gasteiger partial charge on any atom is -0.338 e. The summed E-state index contributed by atoms with van der Waals surface area (Å²) in [5, 5.41) is 10.2. The molecule has 1 atom stereocenters. The van der Waals surface area contributed by atoms with Crippen LogP contribution in [-0.4, -0.2) is 32.6 Å². The predicted molar refractivity (Wildman–Crippen MR) is 157 cm³/mol. The van der Waals surface area contributed by atoms with Gasteiger partial charge in [-0.15, -0.1) is 0 Å². The van der Waals surface area contributed by atoms with E-state index >= 15 is 0 Å². The van der Waals surface area contributed by atoms with Gasteiger partial charge < -0.3 is 10.6 Å². The molecule has 2 heterocycles. The number of anilines is 1. The van der Waals surface area contributed by atoms with Gasteiger partial charge in [0.1, 0.15) is 11.7 Å². The molecule has 2 amide bonds. The second-order valence-corrected chi connectivity index (χ2v) is 9.75. The van der Waals surface area contributed by atoms with Crippen LogP contribution in [0.15, 0.2) is 109 Å². The molecule has 0 bridgehead atoms. The summed E-state index contributed by atoms with van der Waals surface area (Å²) in [4.78, 5) is 31.8. The number of carbonyl (C=O) groups is 2. The van der Waals surface area contributed by atoms with Crippen molar-refractivity contribution in [3.63, 3.8) is 0 Å². The molecule has 0 aliphatic rings. The van der Waals surface area contributed by atoms with Crippen LogP contribution in [0.2, 0.25) is 0 Å². The molecule has 5 rings (SSSR count). The van der Waals surface area contributed by atoms with Gasteiger partial charge in [-0.3, -0.25) is 19.3 Å². The highest BCUT2D eigenvalue weighted by Crippen LogP contribution is 2.30. The highest BCUT2D eigenvalue weighted by Gasteiger charge is 2.33. The Morgan fingerprint density at radius 2 is 1.40 bits per heavy atom. The summed E-state index contributed by atoms with van der Waals surface area (Å²) in [6.45, 7) is 4.05. The second kappa shape index (κ2) is 11.8. The third-order valence-electron chi connectivity index (χ3n) is 7.06. The number of nitrogens with zero attached hydrogens (tertiary/aromatic N) is 3. The van der Waals surface area contributed by atoms with Crippen LogP contribution in [0.25, 0.3) is 11.1 Å². The average Bonchev–Trinajstić information content (AvgIpc) is 3.40. The Hall–Kier alpha value is -5.04. The molecule has 0 aliphatic carbocycles. The standard InChI is InChI=1S/C33H31N5O2/c1-22-18-20-34-23(2)29(22)26-14-16-27(17-15-26)36-33(40)31(37-32(39)28-19-21-35-38(28)3)30(24-10-6-4-7-11-24)25-12-8-5-9-13-25/h4-21,30-31H,1-3H3,(H,36,40)(H,37,39)/t31-/m0/s1. The molecule has 7 heteroatoms. The van der Waals surface area contributed by atoms with Crippen LogP contribution in [0.4, 0.5) is 5.69 Å². The number of amides is 2. The fourth-order valence-electron chi connectivity index (χ4n) is 5.08. The molecule has 7 nitrogen and oxygen atoms in total. The molecule has 0 unspecified atom stereocenters. The van der Waals surface area contributed by atoms with Gasteiger partial charge >= 0.3 is 0 Å². The minimum absolute atomic E-state index is 0.324. The molecule has 5 aromatic rings. The summed E-state index contributed by atoms with van der Waals surface area (Å²) in [7, 11) is 1.70. The Balaban J connectivity index is 1.49. The van der Waals surface area contributed by atoms with Gasteiger partial charge in [-0.25, -0.2) is 0 Å². The van der Waals surface area contributed by atoms with Gasteiger partial charge in [0.05, 0.1) is 0 Å². The molecule has 2 N–H and O–H groups in total. The number of aromatic nitrogens is 3. The van der Waals surface area contributed by atoms with E-state index in [9.17, 15) is 9.59 Å². The average molecular weight is 530 g/mol. The van der Waals surface area contributed by atoms with Gasteiger partial charge in [-0.2, -0.15) is 5.10 Å². The van der Waals surface area contributed by atoms with E-state index in [4.69, 9.17) is 0 Å². The Morgan fingerprint density at radius 1 is 0.775 bits per heavy atom. The summed E-state index contributed by atoms with van der Waals surface area (Å²) in [6, 6.07) is 29.9.